The van der Waals surface area contributed by atoms with Crippen molar-refractivity contribution in [2.75, 3.05) is 0 Å². The van der Waals surface area contributed by atoms with E-state index in [1.807, 2.05) is 6.92 Å². The molecular weight excluding hydrogens is 318 g/mol. The van der Waals surface area contributed by atoms with Crippen LogP contribution in [-0.2, 0) is 6.42 Å². The molecule has 0 aliphatic rings. The van der Waals surface area contributed by atoms with Crippen molar-refractivity contribution in [1.82, 2.24) is 10.4 Å². The fourth-order valence-electron chi connectivity index (χ4n) is 1.57. The van der Waals surface area contributed by atoms with Crippen molar-refractivity contribution in [2.45, 2.75) is 26.3 Å². The summed E-state index contributed by atoms with van der Waals surface area (Å²) in [6.45, 7) is 4.10. The number of hydrogen-bond donors (Lipinski definition) is 2. The summed E-state index contributed by atoms with van der Waals surface area (Å²) in [6, 6.07) is 2.30. The zero-order valence-corrected chi connectivity index (χ0v) is 12.9. The number of nitrogens with two attached hydrogens (primary N) is 1. The molecular formula is C11H14BrN3S2. The number of aryl methyl sites for hydroxylation is 2. The summed E-state index contributed by atoms with van der Waals surface area (Å²) >= 11 is 6.95. The van der Waals surface area contributed by atoms with Gasteiger partial charge in [0.1, 0.15) is 0 Å². The molecule has 0 saturated heterocycles. The molecule has 3 N–H and O–H groups in total. The third-order valence-electron chi connectivity index (χ3n) is 2.47. The monoisotopic (exact) mass is 331 g/mol. The van der Waals surface area contributed by atoms with Gasteiger partial charge in [-0.1, -0.05) is 0 Å². The second-order valence-electron chi connectivity index (χ2n) is 3.91. The van der Waals surface area contributed by atoms with Gasteiger partial charge in [-0.15, -0.1) is 22.7 Å². The van der Waals surface area contributed by atoms with Crippen LogP contribution in [0.2, 0.25) is 0 Å². The van der Waals surface area contributed by atoms with Crippen molar-refractivity contribution >= 4 is 38.6 Å². The average Bonchev–Trinajstić information content (AvgIpc) is 2.83. The number of halogens is 1. The fourth-order valence-corrected chi connectivity index (χ4v) is 4.02. The van der Waals surface area contributed by atoms with Gasteiger partial charge in [-0.05, 0) is 41.4 Å². The molecule has 0 fully saturated rings. The topological polar surface area (TPSA) is 50.9 Å². The van der Waals surface area contributed by atoms with Crippen LogP contribution in [0.15, 0.2) is 15.2 Å². The van der Waals surface area contributed by atoms with Gasteiger partial charge in [0.15, 0.2) is 0 Å². The number of thiazole rings is 1. The van der Waals surface area contributed by atoms with Gasteiger partial charge in [0.2, 0.25) is 0 Å². The first-order chi connectivity index (χ1) is 8.10. The van der Waals surface area contributed by atoms with Crippen molar-refractivity contribution in [3.8, 4) is 0 Å². The van der Waals surface area contributed by atoms with Gasteiger partial charge >= 0.3 is 0 Å². The van der Waals surface area contributed by atoms with Crippen LogP contribution < -0.4 is 11.3 Å². The Kier molecular flexibility index (Phi) is 4.32. The third kappa shape index (κ3) is 3.14. The first kappa shape index (κ1) is 13.2. The van der Waals surface area contributed by atoms with E-state index >= 15 is 0 Å². The van der Waals surface area contributed by atoms with Crippen LogP contribution in [0.4, 0.5) is 0 Å². The predicted molar refractivity (Wildman–Crippen MR) is 77.4 cm³/mol. The Hall–Kier alpha value is -0.270. The largest absolute Gasteiger partial charge is 0.271 e. The Morgan fingerprint density at radius 3 is 2.76 bits per heavy atom. The van der Waals surface area contributed by atoms with Crippen LogP contribution in [0.1, 0.15) is 27.2 Å². The first-order valence-electron chi connectivity index (χ1n) is 5.23. The molecule has 3 nitrogen and oxygen atoms in total. The number of aromatic nitrogens is 1. The number of thiophene rings is 1. The average molecular weight is 332 g/mol. The minimum absolute atomic E-state index is 0.135. The fraction of sp³-hybridized carbons (Fsp3) is 0.364. The number of hydrogen-bond acceptors (Lipinski definition) is 5. The molecule has 0 aliphatic heterocycles. The smallest absolute Gasteiger partial charge is 0.0947 e. The Morgan fingerprint density at radius 2 is 2.29 bits per heavy atom. The Morgan fingerprint density at radius 1 is 1.53 bits per heavy atom. The lowest BCUT2D eigenvalue weighted by atomic mass is 10.1. The van der Waals surface area contributed by atoms with Gasteiger partial charge in [-0.3, -0.25) is 11.3 Å². The van der Waals surface area contributed by atoms with Crippen LogP contribution >= 0.6 is 38.6 Å². The lowest BCUT2D eigenvalue weighted by Crippen LogP contribution is -2.28. The molecule has 2 aromatic heterocycles. The lowest BCUT2D eigenvalue weighted by molar-refractivity contribution is 0.559. The lowest BCUT2D eigenvalue weighted by Gasteiger charge is -2.12. The molecule has 0 spiro atoms. The first-order valence-corrected chi connectivity index (χ1v) is 7.72. The molecule has 92 valence electrons. The maximum Gasteiger partial charge on any atom is 0.0947 e. The molecule has 2 aromatic rings. The summed E-state index contributed by atoms with van der Waals surface area (Å²) in [7, 11) is 0. The van der Waals surface area contributed by atoms with E-state index in [1.54, 1.807) is 22.7 Å². The maximum atomic E-state index is 5.64. The summed E-state index contributed by atoms with van der Waals surface area (Å²) in [4.78, 5) is 5.71. The van der Waals surface area contributed by atoms with Crippen molar-refractivity contribution in [2.24, 2.45) is 5.84 Å². The minimum atomic E-state index is 0.135. The van der Waals surface area contributed by atoms with Crippen molar-refractivity contribution in [3.05, 3.63) is 36.4 Å². The van der Waals surface area contributed by atoms with Crippen molar-refractivity contribution in [3.63, 3.8) is 0 Å². The van der Waals surface area contributed by atoms with E-state index in [-0.39, 0.29) is 6.04 Å². The zero-order chi connectivity index (χ0) is 12.4. The highest BCUT2D eigenvalue weighted by atomic mass is 79.9. The van der Waals surface area contributed by atoms with Gasteiger partial charge in [-0.2, -0.15) is 0 Å². The normalized spacial score (nSPS) is 12.9. The molecule has 0 radical (unpaired) electrons. The Bertz CT molecular complexity index is 487. The van der Waals surface area contributed by atoms with E-state index in [1.165, 1.54) is 14.2 Å². The summed E-state index contributed by atoms with van der Waals surface area (Å²) in [5.74, 6) is 5.64. The third-order valence-corrected chi connectivity index (χ3v) is 5.71. The standard InChI is InChI=1S/C11H14BrN3S2/c1-6-3-9(17-11(6)12)8(15-13)4-10-14-7(2)5-16-10/h3,5,8,15H,4,13H2,1-2H3. The van der Waals surface area contributed by atoms with Gasteiger partial charge in [0, 0.05) is 22.4 Å². The van der Waals surface area contributed by atoms with Crippen LogP contribution in [0, 0.1) is 13.8 Å². The molecule has 0 saturated carbocycles. The highest BCUT2D eigenvalue weighted by Gasteiger charge is 2.16. The SMILES string of the molecule is Cc1csc(CC(NN)c2cc(C)c(Br)s2)n1. The molecule has 0 aliphatic carbocycles. The second-order valence-corrected chi connectivity index (χ2v) is 7.26. The van der Waals surface area contributed by atoms with Crippen molar-refractivity contribution < 1.29 is 0 Å². The predicted octanol–water partition coefficient (Wildman–Crippen LogP) is 3.33. The van der Waals surface area contributed by atoms with Crippen LogP contribution in [0.25, 0.3) is 0 Å². The second kappa shape index (κ2) is 5.58. The zero-order valence-electron chi connectivity index (χ0n) is 9.66. The molecule has 0 aromatic carbocycles. The minimum Gasteiger partial charge on any atom is -0.271 e. The summed E-state index contributed by atoms with van der Waals surface area (Å²) in [5.41, 5.74) is 5.20. The Labute approximate surface area is 117 Å². The molecule has 2 rings (SSSR count). The molecule has 0 bridgehead atoms. The number of rotatable bonds is 4. The maximum absolute atomic E-state index is 5.64. The van der Waals surface area contributed by atoms with Crippen molar-refractivity contribution in [1.29, 1.82) is 0 Å². The summed E-state index contributed by atoms with van der Waals surface area (Å²) < 4.78 is 1.17. The number of hydrazine groups is 1. The number of nitrogens with one attached hydrogen (secondary N) is 1. The molecule has 6 heteroatoms. The van der Waals surface area contributed by atoms with E-state index in [0.29, 0.717) is 0 Å². The highest BCUT2D eigenvalue weighted by Crippen LogP contribution is 2.32. The van der Waals surface area contributed by atoms with Gasteiger partial charge < -0.3 is 0 Å². The van der Waals surface area contributed by atoms with E-state index < -0.39 is 0 Å². The summed E-state index contributed by atoms with van der Waals surface area (Å²) in [5, 5.41) is 3.19. The van der Waals surface area contributed by atoms with Crippen LogP contribution in [0.3, 0.4) is 0 Å². The quantitative estimate of drug-likeness (QED) is 0.667. The van der Waals surface area contributed by atoms with E-state index in [9.17, 15) is 0 Å². The van der Waals surface area contributed by atoms with Gasteiger partial charge in [0.05, 0.1) is 14.8 Å². The van der Waals surface area contributed by atoms with Gasteiger partial charge in [0.25, 0.3) is 0 Å². The molecule has 1 atom stereocenters. The van der Waals surface area contributed by atoms with E-state index in [4.69, 9.17) is 5.84 Å². The highest BCUT2D eigenvalue weighted by molar-refractivity contribution is 9.11. The molecule has 2 heterocycles. The van der Waals surface area contributed by atoms with Gasteiger partial charge in [-0.25, -0.2) is 4.98 Å². The summed E-state index contributed by atoms with van der Waals surface area (Å²) in [6.07, 6.45) is 0.835. The molecule has 0 amide bonds. The number of nitrogens with zero attached hydrogens (tertiary/aromatic N) is 1. The Balaban J connectivity index is 2.16. The van der Waals surface area contributed by atoms with Crippen LogP contribution in [0.5, 0.6) is 0 Å². The molecule has 1 unspecified atom stereocenters. The molecule has 17 heavy (non-hydrogen) atoms. The van der Waals surface area contributed by atoms with Crippen LogP contribution in [-0.4, -0.2) is 4.98 Å². The van der Waals surface area contributed by atoms with E-state index in [2.05, 4.69) is 44.7 Å². The van der Waals surface area contributed by atoms with E-state index in [0.717, 1.165) is 17.1 Å².